The molecular formula is C23H24BrN3O4. The van der Waals surface area contributed by atoms with Crippen molar-refractivity contribution in [2.75, 3.05) is 38.7 Å². The van der Waals surface area contributed by atoms with Gasteiger partial charge in [0.2, 0.25) is 0 Å². The lowest BCUT2D eigenvalue weighted by Crippen LogP contribution is -2.33. The van der Waals surface area contributed by atoms with Crippen molar-refractivity contribution < 1.29 is 19.8 Å². The third-order valence-electron chi connectivity index (χ3n) is 5.41. The first kappa shape index (κ1) is 21.7. The normalized spacial score (nSPS) is 19.5. The highest BCUT2D eigenvalue weighted by Gasteiger charge is 2.34. The molecular weight excluding hydrogens is 462 g/mol. The van der Waals surface area contributed by atoms with Gasteiger partial charge in [0.25, 0.3) is 5.91 Å². The van der Waals surface area contributed by atoms with Crippen LogP contribution in [0.5, 0.6) is 0 Å². The van der Waals surface area contributed by atoms with Crippen molar-refractivity contribution in [2.24, 2.45) is 5.16 Å². The number of rotatable bonds is 7. The van der Waals surface area contributed by atoms with Gasteiger partial charge >= 0.3 is 0 Å². The summed E-state index contributed by atoms with van der Waals surface area (Å²) in [4.78, 5) is 20.3. The Hall–Kier alpha value is -2.52. The Morgan fingerprint density at radius 2 is 2.06 bits per heavy atom. The lowest BCUT2D eigenvalue weighted by Gasteiger charge is -2.18. The second kappa shape index (κ2) is 9.32. The maximum Gasteiger partial charge on any atom is 0.256 e. The molecule has 0 aromatic heterocycles. The van der Waals surface area contributed by atoms with Gasteiger partial charge in [0.05, 0.1) is 18.3 Å². The van der Waals surface area contributed by atoms with E-state index in [4.69, 9.17) is 9.94 Å². The quantitative estimate of drug-likeness (QED) is 0.318. The van der Waals surface area contributed by atoms with Gasteiger partial charge in [-0.15, -0.1) is 0 Å². The van der Waals surface area contributed by atoms with E-state index in [-0.39, 0.29) is 12.5 Å². The Kier molecular flexibility index (Phi) is 6.52. The highest BCUT2D eigenvalue weighted by Crippen LogP contribution is 2.40. The monoisotopic (exact) mass is 485 g/mol. The summed E-state index contributed by atoms with van der Waals surface area (Å²) in [5.74, 6) is -0.138. The Labute approximate surface area is 189 Å². The number of amides is 1. The molecule has 0 saturated carbocycles. The van der Waals surface area contributed by atoms with Gasteiger partial charge in [-0.3, -0.25) is 4.79 Å². The van der Waals surface area contributed by atoms with Crippen LogP contribution in [0.3, 0.4) is 0 Å². The predicted octanol–water partition coefficient (Wildman–Crippen LogP) is 2.42. The molecule has 1 amide bonds. The second-order valence-corrected chi connectivity index (χ2v) is 8.62. The van der Waals surface area contributed by atoms with E-state index in [1.807, 2.05) is 54.4 Å². The highest BCUT2D eigenvalue weighted by atomic mass is 79.9. The zero-order chi connectivity index (χ0) is 22.0. The summed E-state index contributed by atoms with van der Waals surface area (Å²) in [7, 11) is 1.84. The van der Waals surface area contributed by atoms with E-state index in [0.29, 0.717) is 37.4 Å². The minimum atomic E-state index is -0.783. The summed E-state index contributed by atoms with van der Waals surface area (Å²) in [5.41, 5.74) is 5.85. The fraction of sp³-hybridized carbons (Fsp3) is 0.304. The summed E-state index contributed by atoms with van der Waals surface area (Å²) in [5, 5.41) is 25.9. The molecule has 7 nitrogen and oxygen atoms in total. The fourth-order valence-electron chi connectivity index (χ4n) is 3.91. The van der Waals surface area contributed by atoms with Crippen LogP contribution in [0.15, 0.2) is 57.7 Å². The summed E-state index contributed by atoms with van der Waals surface area (Å²) in [6.07, 6.45) is -0.176. The van der Waals surface area contributed by atoms with Crippen LogP contribution in [-0.2, 0) is 16.1 Å². The van der Waals surface area contributed by atoms with Crippen molar-refractivity contribution in [2.45, 2.75) is 12.5 Å². The topological polar surface area (TPSA) is 94.4 Å². The lowest BCUT2D eigenvalue weighted by atomic mass is 9.98. The molecule has 8 heteroatoms. The van der Waals surface area contributed by atoms with E-state index in [9.17, 15) is 9.90 Å². The molecule has 0 saturated heterocycles. The number of benzene rings is 2. The van der Waals surface area contributed by atoms with Gasteiger partial charge in [-0.1, -0.05) is 45.4 Å². The van der Waals surface area contributed by atoms with Gasteiger partial charge in [0.15, 0.2) is 0 Å². The number of aliphatic hydroxyl groups is 2. The molecule has 3 N–H and O–H groups in total. The smallest absolute Gasteiger partial charge is 0.256 e. The van der Waals surface area contributed by atoms with E-state index < -0.39 is 6.10 Å². The molecule has 0 bridgehead atoms. The molecule has 1 aliphatic heterocycles. The minimum absolute atomic E-state index is 0.138. The Morgan fingerprint density at radius 1 is 1.26 bits per heavy atom. The number of hydrogen-bond donors (Lipinski definition) is 3. The number of carbonyl (C=O) groups excluding carboxylic acids is 1. The van der Waals surface area contributed by atoms with Gasteiger partial charge in [-0.25, -0.2) is 0 Å². The maximum atomic E-state index is 12.8. The lowest BCUT2D eigenvalue weighted by molar-refractivity contribution is -0.110. The van der Waals surface area contributed by atoms with Crippen LogP contribution in [0.4, 0.5) is 5.69 Å². The number of hydrogen-bond acceptors (Lipinski definition) is 6. The van der Waals surface area contributed by atoms with Crippen molar-refractivity contribution in [1.29, 1.82) is 0 Å². The number of nitrogens with one attached hydrogen (secondary N) is 1. The number of likely N-dealkylation sites (N-methyl/N-ethyl adjacent to an activating group) is 1. The largest absolute Gasteiger partial charge is 0.394 e. The molecule has 2 aliphatic rings. The molecule has 2 aromatic rings. The summed E-state index contributed by atoms with van der Waals surface area (Å²) < 4.78 is 0.902. The first-order valence-electron chi connectivity index (χ1n) is 10.1. The molecule has 0 spiro atoms. The van der Waals surface area contributed by atoms with Gasteiger partial charge in [-0.05, 0) is 36.4 Å². The van der Waals surface area contributed by atoms with Crippen LogP contribution in [0, 0.1) is 0 Å². The van der Waals surface area contributed by atoms with Crippen LogP contribution >= 0.6 is 15.9 Å². The third-order valence-corrected chi connectivity index (χ3v) is 5.90. The van der Waals surface area contributed by atoms with Crippen molar-refractivity contribution in [3.8, 4) is 0 Å². The molecule has 31 heavy (non-hydrogen) atoms. The third kappa shape index (κ3) is 4.57. The number of allylic oxidation sites excluding steroid dienone is 1. The van der Waals surface area contributed by atoms with Crippen molar-refractivity contribution in [3.05, 3.63) is 69.2 Å². The molecule has 1 aliphatic carbocycles. The Morgan fingerprint density at radius 3 is 2.87 bits per heavy atom. The molecule has 0 radical (unpaired) electrons. The summed E-state index contributed by atoms with van der Waals surface area (Å²) in [6.45, 7) is 0.927. The van der Waals surface area contributed by atoms with E-state index >= 15 is 0 Å². The maximum absolute atomic E-state index is 12.8. The van der Waals surface area contributed by atoms with Crippen LogP contribution in [-0.4, -0.2) is 66.2 Å². The van der Waals surface area contributed by atoms with Crippen LogP contribution in [0.2, 0.25) is 0 Å². The molecule has 1 unspecified atom stereocenters. The van der Waals surface area contributed by atoms with Crippen molar-refractivity contribution in [1.82, 2.24) is 4.90 Å². The van der Waals surface area contributed by atoms with E-state index in [2.05, 4.69) is 26.4 Å². The van der Waals surface area contributed by atoms with Gasteiger partial charge in [-0.2, -0.15) is 0 Å². The van der Waals surface area contributed by atoms with Gasteiger partial charge < -0.3 is 25.3 Å². The zero-order valence-corrected chi connectivity index (χ0v) is 18.7. The second-order valence-electron chi connectivity index (χ2n) is 7.70. The number of aliphatic hydroxyl groups excluding tert-OH is 2. The number of nitrogens with zero attached hydrogens (tertiary/aromatic N) is 2. The van der Waals surface area contributed by atoms with Crippen molar-refractivity contribution >= 4 is 38.8 Å². The fourth-order valence-corrected chi connectivity index (χ4v) is 4.27. The molecule has 2 aromatic carbocycles. The first-order chi connectivity index (χ1) is 15.0. The van der Waals surface area contributed by atoms with E-state index in [1.165, 1.54) is 0 Å². The Bertz CT molecular complexity index is 1070. The van der Waals surface area contributed by atoms with Crippen molar-refractivity contribution in [3.63, 3.8) is 0 Å². The molecule has 1 atom stereocenters. The first-order valence-corrected chi connectivity index (χ1v) is 10.9. The van der Waals surface area contributed by atoms with Gasteiger partial charge in [0.1, 0.15) is 12.3 Å². The molecule has 1 heterocycles. The standard InChI is InChI=1S/C23H24BrN3O4/c1-27(12-16(29)13-28)8-9-31-26-22-17-5-3-2-4-14(17)10-19(22)21-18-11-15(24)6-7-20(18)25-23(21)30/h2-7,11,16,28-29H,8-10,12-13H2,1H3,(H,25,30)/b21-19+,26-22+. The highest BCUT2D eigenvalue weighted by molar-refractivity contribution is 9.10. The number of fused-ring (bicyclic) bond motifs is 2. The van der Waals surface area contributed by atoms with E-state index in [0.717, 1.165) is 32.4 Å². The zero-order valence-electron chi connectivity index (χ0n) is 17.1. The van der Waals surface area contributed by atoms with Crippen LogP contribution < -0.4 is 5.32 Å². The van der Waals surface area contributed by atoms with Crippen LogP contribution in [0.1, 0.15) is 16.7 Å². The SMILES string of the molecule is CN(CCO/N=C1/C(=C2/C(=O)Nc3ccc(Br)cc32)Cc2ccccc21)CC(O)CO. The number of carbonyl (C=O) groups is 1. The number of halogens is 1. The van der Waals surface area contributed by atoms with Crippen LogP contribution in [0.25, 0.3) is 5.57 Å². The summed E-state index contributed by atoms with van der Waals surface area (Å²) in [6, 6.07) is 13.7. The molecule has 162 valence electrons. The molecule has 0 fully saturated rings. The van der Waals surface area contributed by atoms with Gasteiger partial charge in [0, 0.05) is 40.8 Å². The Balaban J connectivity index is 1.62. The number of anilines is 1. The summed E-state index contributed by atoms with van der Waals surface area (Å²) >= 11 is 3.50. The minimum Gasteiger partial charge on any atom is -0.394 e. The average molecular weight is 486 g/mol. The average Bonchev–Trinajstić information content (AvgIpc) is 3.27. The molecule has 4 rings (SSSR count). The number of oxime groups is 1. The van der Waals surface area contributed by atoms with E-state index in [1.54, 1.807) is 0 Å². The predicted molar refractivity (Wildman–Crippen MR) is 123 cm³/mol.